The molecule has 0 saturated carbocycles. The number of benzene rings is 2. The molecule has 3 aromatic rings. The highest BCUT2D eigenvalue weighted by Crippen LogP contribution is 2.22. The number of rotatable bonds is 6. The zero-order valence-corrected chi connectivity index (χ0v) is 16.3. The first kappa shape index (κ1) is 19.9. The van der Waals surface area contributed by atoms with E-state index < -0.39 is 11.9 Å². The summed E-state index contributed by atoms with van der Waals surface area (Å²) >= 11 is 11.7. The molecule has 0 radical (unpaired) electrons. The maximum atomic E-state index is 12.0. The van der Waals surface area contributed by atoms with Gasteiger partial charge in [-0.15, -0.1) is 0 Å². The number of nitrogens with one attached hydrogen (secondary N) is 1. The van der Waals surface area contributed by atoms with Crippen LogP contribution >= 0.6 is 23.2 Å². The SMILES string of the molecule is Cc1ccccc1-c1noc(COC(=O)CNC(=O)c2ccc(Cl)c(Cl)c2)n1. The Balaban J connectivity index is 1.50. The Morgan fingerprint density at radius 3 is 2.68 bits per heavy atom. The van der Waals surface area contributed by atoms with Crippen molar-refractivity contribution in [3.63, 3.8) is 0 Å². The van der Waals surface area contributed by atoms with Gasteiger partial charge in [0.2, 0.25) is 5.82 Å². The van der Waals surface area contributed by atoms with Crippen molar-refractivity contribution in [1.29, 1.82) is 0 Å². The number of aromatic nitrogens is 2. The van der Waals surface area contributed by atoms with Crippen LogP contribution in [0.1, 0.15) is 21.8 Å². The molecule has 0 saturated heterocycles. The van der Waals surface area contributed by atoms with Crippen LogP contribution in [0.5, 0.6) is 0 Å². The van der Waals surface area contributed by atoms with Crippen molar-refractivity contribution < 1.29 is 18.8 Å². The Labute approximate surface area is 170 Å². The monoisotopic (exact) mass is 419 g/mol. The summed E-state index contributed by atoms with van der Waals surface area (Å²) in [5, 5.41) is 6.91. The van der Waals surface area contributed by atoms with Crippen LogP contribution < -0.4 is 5.32 Å². The molecule has 0 aliphatic rings. The maximum absolute atomic E-state index is 12.0. The van der Waals surface area contributed by atoms with Crippen LogP contribution in [0.15, 0.2) is 47.0 Å². The minimum absolute atomic E-state index is 0.155. The number of esters is 1. The number of hydrogen-bond acceptors (Lipinski definition) is 6. The highest BCUT2D eigenvalue weighted by Gasteiger charge is 2.14. The molecular formula is C19H15Cl2N3O4. The van der Waals surface area contributed by atoms with Gasteiger partial charge in [0.15, 0.2) is 6.61 Å². The summed E-state index contributed by atoms with van der Waals surface area (Å²) in [7, 11) is 0. The fourth-order valence-corrected chi connectivity index (χ4v) is 2.63. The third kappa shape index (κ3) is 4.88. The van der Waals surface area contributed by atoms with E-state index in [0.29, 0.717) is 10.8 Å². The summed E-state index contributed by atoms with van der Waals surface area (Å²) in [4.78, 5) is 28.1. The van der Waals surface area contributed by atoms with E-state index in [-0.39, 0.29) is 29.6 Å². The van der Waals surface area contributed by atoms with E-state index in [2.05, 4.69) is 15.5 Å². The predicted octanol–water partition coefficient (Wildman–Crippen LogP) is 3.83. The molecule has 3 rings (SSSR count). The van der Waals surface area contributed by atoms with Gasteiger partial charge in [-0.05, 0) is 30.7 Å². The quantitative estimate of drug-likeness (QED) is 0.610. The fraction of sp³-hybridized carbons (Fsp3) is 0.158. The lowest BCUT2D eigenvalue weighted by Crippen LogP contribution is -2.30. The van der Waals surface area contributed by atoms with Crippen molar-refractivity contribution in [3.05, 3.63) is 69.5 Å². The molecule has 0 spiro atoms. The van der Waals surface area contributed by atoms with Crippen LogP contribution in [0, 0.1) is 6.92 Å². The topological polar surface area (TPSA) is 94.3 Å². The highest BCUT2D eigenvalue weighted by molar-refractivity contribution is 6.42. The van der Waals surface area contributed by atoms with Gasteiger partial charge in [0.05, 0.1) is 10.0 Å². The number of carbonyl (C=O) groups is 2. The number of nitrogens with zero attached hydrogens (tertiary/aromatic N) is 2. The molecule has 0 aliphatic heterocycles. The molecular weight excluding hydrogens is 405 g/mol. The molecule has 1 amide bonds. The van der Waals surface area contributed by atoms with Crippen LogP contribution in [0.4, 0.5) is 0 Å². The van der Waals surface area contributed by atoms with E-state index in [4.69, 9.17) is 32.5 Å². The van der Waals surface area contributed by atoms with Gasteiger partial charge in [-0.3, -0.25) is 9.59 Å². The first-order valence-electron chi connectivity index (χ1n) is 8.21. The Bertz CT molecular complexity index is 1020. The Morgan fingerprint density at radius 2 is 1.93 bits per heavy atom. The van der Waals surface area contributed by atoms with Gasteiger partial charge in [-0.2, -0.15) is 4.98 Å². The normalized spacial score (nSPS) is 10.5. The number of halogens is 2. The third-order valence-corrected chi connectivity index (χ3v) is 4.52. The highest BCUT2D eigenvalue weighted by atomic mass is 35.5. The van der Waals surface area contributed by atoms with Gasteiger partial charge in [0, 0.05) is 11.1 Å². The summed E-state index contributed by atoms with van der Waals surface area (Å²) in [6, 6.07) is 12.0. The van der Waals surface area contributed by atoms with Crippen molar-refractivity contribution in [1.82, 2.24) is 15.5 Å². The van der Waals surface area contributed by atoms with Crippen molar-refractivity contribution in [2.45, 2.75) is 13.5 Å². The molecule has 144 valence electrons. The van der Waals surface area contributed by atoms with Crippen LogP contribution in [0.25, 0.3) is 11.4 Å². The lowest BCUT2D eigenvalue weighted by Gasteiger charge is -2.06. The van der Waals surface area contributed by atoms with Gasteiger partial charge in [0.1, 0.15) is 6.54 Å². The van der Waals surface area contributed by atoms with Gasteiger partial charge in [-0.1, -0.05) is 52.6 Å². The minimum Gasteiger partial charge on any atom is -0.454 e. The van der Waals surface area contributed by atoms with Gasteiger partial charge < -0.3 is 14.6 Å². The van der Waals surface area contributed by atoms with E-state index in [1.807, 2.05) is 31.2 Å². The second kappa shape index (κ2) is 8.86. The van der Waals surface area contributed by atoms with Gasteiger partial charge >= 0.3 is 5.97 Å². The van der Waals surface area contributed by atoms with Crippen molar-refractivity contribution >= 4 is 35.1 Å². The molecule has 28 heavy (non-hydrogen) atoms. The minimum atomic E-state index is -0.649. The molecule has 1 heterocycles. The third-order valence-electron chi connectivity index (χ3n) is 3.79. The summed E-state index contributed by atoms with van der Waals surface area (Å²) in [6.07, 6.45) is 0. The van der Waals surface area contributed by atoms with Crippen LogP contribution in [-0.4, -0.2) is 28.6 Å². The van der Waals surface area contributed by atoms with E-state index in [1.54, 1.807) is 0 Å². The number of hydrogen-bond donors (Lipinski definition) is 1. The largest absolute Gasteiger partial charge is 0.454 e. The zero-order chi connectivity index (χ0) is 20.1. The van der Waals surface area contributed by atoms with Crippen molar-refractivity contribution in [3.8, 4) is 11.4 Å². The molecule has 2 aromatic carbocycles. The standard InChI is InChI=1S/C19H15Cl2N3O4/c1-11-4-2-3-5-13(11)18-23-16(28-24-18)10-27-17(25)9-22-19(26)12-6-7-14(20)15(21)8-12/h2-8H,9-10H2,1H3,(H,22,26). The van der Waals surface area contributed by atoms with Gasteiger partial charge in [-0.25, -0.2) is 0 Å². The Kier molecular flexibility index (Phi) is 6.28. The number of carbonyl (C=O) groups excluding carboxylic acids is 2. The average Bonchev–Trinajstić information content (AvgIpc) is 3.15. The smallest absolute Gasteiger partial charge is 0.325 e. The Morgan fingerprint density at radius 1 is 1.14 bits per heavy atom. The number of amides is 1. The van der Waals surface area contributed by atoms with E-state index >= 15 is 0 Å². The second-order valence-corrected chi connectivity index (χ2v) is 6.61. The predicted molar refractivity (Wildman–Crippen MR) is 103 cm³/mol. The average molecular weight is 420 g/mol. The first-order valence-corrected chi connectivity index (χ1v) is 8.97. The van der Waals surface area contributed by atoms with Crippen LogP contribution in [0.2, 0.25) is 10.0 Å². The molecule has 0 unspecified atom stereocenters. The van der Waals surface area contributed by atoms with E-state index in [9.17, 15) is 9.59 Å². The molecule has 0 fully saturated rings. The van der Waals surface area contributed by atoms with Crippen molar-refractivity contribution in [2.24, 2.45) is 0 Å². The lowest BCUT2D eigenvalue weighted by molar-refractivity contribution is -0.144. The summed E-state index contributed by atoms with van der Waals surface area (Å²) < 4.78 is 10.1. The summed E-state index contributed by atoms with van der Waals surface area (Å²) in [5.74, 6) is -0.557. The molecule has 1 N–H and O–H groups in total. The molecule has 0 atom stereocenters. The lowest BCUT2D eigenvalue weighted by atomic mass is 10.1. The molecule has 0 aliphatic carbocycles. The maximum Gasteiger partial charge on any atom is 0.325 e. The molecule has 9 heteroatoms. The number of ether oxygens (including phenoxy) is 1. The van der Waals surface area contributed by atoms with Gasteiger partial charge in [0.25, 0.3) is 11.8 Å². The van der Waals surface area contributed by atoms with Crippen LogP contribution in [-0.2, 0) is 16.1 Å². The first-order chi connectivity index (χ1) is 13.4. The summed E-state index contributed by atoms with van der Waals surface area (Å²) in [6.45, 7) is 1.42. The second-order valence-electron chi connectivity index (χ2n) is 5.80. The van der Waals surface area contributed by atoms with Crippen molar-refractivity contribution in [2.75, 3.05) is 6.54 Å². The summed E-state index contributed by atoms with van der Waals surface area (Å²) in [5.41, 5.74) is 2.11. The molecule has 1 aromatic heterocycles. The van der Waals surface area contributed by atoms with E-state index in [0.717, 1.165) is 11.1 Å². The number of aryl methyl sites for hydroxylation is 1. The molecule has 7 nitrogen and oxygen atoms in total. The molecule has 0 bridgehead atoms. The van der Waals surface area contributed by atoms with Crippen LogP contribution in [0.3, 0.4) is 0 Å². The fourth-order valence-electron chi connectivity index (χ4n) is 2.33. The Hall–Kier alpha value is -2.90. The van der Waals surface area contributed by atoms with E-state index in [1.165, 1.54) is 18.2 Å². The zero-order valence-electron chi connectivity index (χ0n) is 14.7.